The topological polar surface area (TPSA) is 34.1 Å². The van der Waals surface area contributed by atoms with Gasteiger partial charge in [-0.25, -0.2) is 0 Å². The monoisotopic (exact) mass is 202 g/mol. The van der Waals surface area contributed by atoms with Gasteiger partial charge in [0, 0.05) is 28.2 Å². The van der Waals surface area contributed by atoms with Crippen LogP contribution in [0.4, 0.5) is 0 Å². The predicted molar refractivity (Wildman–Crippen MR) is 55.2 cm³/mol. The van der Waals surface area contributed by atoms with Gasteiger partial charge in [-0.1, -0.05) is 19.3 Å². The van der Waals surface area contributed by atoms with E-state index in [-0.39, 0.29) is 5.78 Å². The van der Waals surface area contributed by atoms with E-state index in [1.807, 2.05) is 0 Å². The summed E-state index contributed by atoms with van der Waals surface area (Å²) in [5, 5.41) is 0.383. The van der Waals surface area contributed by atoms with Crippen LogP contribution in [-0.2, 0) is 15.6 Å². The summed E-state index contributed by atoms with van der Waals surface area (Å²) >= 11 is 0. The molecule has 0 saturated heterocycles. The van der Waals surface area contributed by atoms with E-state index in [2.05, 4.69) is 0 Å². The Balaban J connectivity index is 2.25. The van der Waals surface area contributed by atoms with Gasteiger partial charge in [0.2, 0.25) is 0 Å². The Morgan fingerprint density at radius 2 is 1.92 bits per heavy atom. The van der Waals surface area contributed by atoms with Crippen LogP contribution < -0.4 is 0 Å². The van der Waals surface area contributed by atoms with E-state index < -0.39 is 10.8 Å². The number of hydrogen-bond donors (Lipinski definition) is 0. The van der Waals surface area contributed by atoms with Gasteiger partial charge in [0.05, 0.1) is 0 Å². The van der Waals surface area contributed by atoms with Gasteiger partial charge in [0.15, 0.2) is 0 Å². The summed E-state index contributed by atoms with van der Waals surface area (Å²) in [6.07, 6.45) is 6.42. The molecule has 0 bridgehead atoms. The molecular weight excluding hydrogens is 184 g/mol. The van der Waals surface area contributed by atoms with Gasteiger partial charge in [-0.05, 0) is 19.8 Å². The van der Waals surface area contributed by atoms with Crippen molar-refractivity contribution in [2.75, 3.05) is 5.75 Å². The minimum atomic E-state index is -0.748. The lowest BCUT2D eigenvalue weighted by atomic mass is 10.0. The lowest BCUT2D eigenvalue weighted by molar-refractivity contribution is -0.116. The highest BCUT2D eigenvalue weighted by Gasteiger charge is 2.19. The molecule has 1 unspecified atom stereocenters. The van der Waals surface area contributed by atoms with Crippen molar-refractivity contribution in [2.45, 2.75) is 50.7 Å². The van der Waals surface area contributed by atoms with Crippen molar-refractivity contribution < 1.29 is 9.00 Å². The number of ketones is 1. The fraction of sp³-hybridized carbons (Fsp3) is 0.900. The van der Waals surface area contributed by atoms with Gasteiger partial charge in [-0.3, -0.25) is 9.00 Å². The van der Waals surface area contributed by atoms with Crippen molar-refractivity contribution in [3.05, 3.63) is 0 Å². The minimum absolute atomic E-state index is 0.157. The van der Waals surface area contributed by atoms with E-state index in [1.54, 1.807) is 6.92 Å². The van der Waals surface area contributed by atoms with E-state index >= 15 is 0 Å². The second-order valence-corrected chi connectivity index (χ2v) is 5.63. The minimum Gasteiger partial charge on any atom is -0.300 e. The van der Waals surface area contributed by atoms with Crippen molar-refractivity contribution >= 4 is 16.6 Å². The fourth-order valence-electron chi connectivity index (χ4n) is 1.74. The normalized spacial score (nSPS) is 21.3. The van der Waals surface area contributed by atoms with Crippen LogP contribution in [0, 0.1) is 0 Å². The van der Waals surface area contributed by atoms with Crippen molar-refractivity contribution in [3.8, 4) is 0 Å². The van der Waals surface area contributed by atoms with Gasteiger partial charge in [-0.2, -0.15) is 0 Å². The standard InChI is InChI=1S/C10H18O2S/c1-9(11)7-8-13(12)10-5-3-2-4-6-10/h10H,2-8H2,1H3. The van der Waals surface area contributed by atoms with Crippen LogP contribution in [0.25, 0.3) is 0 Å². The Morgan fingerprint density at radius 3 is 2.46 bits per heavy atom. The highest BCUT2D eigenvalue weighted by molar-refractivity contribution is 7.85. The highest BCUT2D eigenvalue weighted by Crippen LogP contribution is 2.22. The summed E-state index contributed by atoms with van der Waals surface area (Å²) in [6, 6.07) is 0. The van der Waals surface area contributed by atoms with Gasteiger partial charge >= 0.3 is 0 Å². The molecule has 0 aromatic rings. The van der Waals surface area contributed by atoms with Crippen molar-refractivity contribution in [2.24, 2.45) is 0 Å². The van der Waals surface area contributed by atoms with Crippen molar-refractivity contribution in [3.63, 3.8) is 0 Å². The molecule has 0 aromatic carbocycles. The molecule has 0 heterocycles. The molecule has 0 aromatic heterocycles. The van der Waals surface area contributed by atoms with Crippen LogP contribution >= 0.6 is 0 Å². The summed E-state index contributed by atoms with van der Waals surface area (Å²) in [4.78, 5) is 10.7. The second kappa shape index (κ2) is 5.53. The molecule has 76 valence electrons. The largest absolute Gasteiger partial charge is 0.300 e. The number of rotatable bonds is 4. The van der Waals surface area contributed by atoms with E-state index in [1.165, 1.54) is 19.3 Å². The molecular formula is C10H18O2S. The Labute approximate surface area is 82.6 Å². The quantitative estimate of drug-likeness (QED) is 0.699. The molecule has 0 N–H and O–H groups in total. The average molecular weight is 202 g/mol. The van der Waals surface area contributed by atoms with Crippen LogP contribution in [0.5, 0.6) is 0 Å². The maximum Gasteiger partial charge on any atom is 0.130 e. The SMILES string of the molecule is CC(=O)CCS(=O)C1CCCCC1. The van der Waals surface area contributed by atoms with Gasteiger partial charge in [-0.15, -0.1) is 0 Å². The number of hydrogen-bond acceptors (Lipinski definition) is 2. The van der Waals surface area contributed by atoms with Gasteiger partial charge in [0.1, 0.15) is 5.78 Å². The Morgan fingerprint density at radius 1 is 1.31 bits per heavy atom. The van der Waals surface area contributed by atoms with E-state index in [4.69, 9.17) is 0 Å². The zero-order chi connectivity index (χ0) is 9.68. The molecule has 1 saturated carbocycles. The van der Waals surface area contributed by atoms with Crippen LogP contribution in [0.15, 0.2) is 0 Å². The summed E-state index contributed by atoms with van der Waals surface area (Å²) in [7, 11) is -0.748. The Hall–Kier alpha value is -0.180. The Kier molecular flexibility index (Phi) is 4.64. The van der Waals surface area contributed by atoms with Crippen LogP contribution in [-0.4, -0.2) is 21.0 Å². The second-order valence-electron chi connectivity index (χ2n) is 3.80. The highest BCUT2D eigenvalue weighted by atomic mass is 32.2. The maximum absolute atomic E-state index is 11.7. The number of Topliss-reactive ketones (excluding diaryl/α,β-unsaturated/α-hetero) is 1. The maximum atomic E-state index is 11.7. The summed E-state index contributed by atoms with van der Waals surface area (Å²) in [5.74, 6) is 0.740. The molecule has 1 aliphatic rings. The van der Waals surface area contributed by atoms with Crippen LogP contribution in [0.3, 0.4) is 0 Å². The van der Waals surface area contributed by atoms with E-state index in [9.17, 15) is 9.00 Å². The molecule has 1 aliphatic carbocycles. The summed E-state index contributed by atoms with van der Waals surface area (Å²) in [5.41, 5.74) is 0. The van der Waals surface area contributed by atoms with Crippen molar-refractivity contribution in [1.29, 1.82) is 0 Å². The third-order valence-electron chi connectivity index (χ3n) is 2.58. The molecule has 0 aliphatic heterocycles. The molecule has 0 spiro atoms. The van der Waals surface area contributed by atoms with Crippen LogP contribution in [0.2, 0.25) is 0 Å². The summed E-state index contributed by atoms with van der Waals surface area (Å²) in [6.45, 7) is 1.57. The zero-order valence-corrected chi connectivity index (χ0v) is 9.07. The Bertz CT molecular complexity index is 195. The molecule has 0 amide bonds. The summed E-state index contributed by atoms with van der Waals surface area (Å²) < 4.78 is 11.7. The third-order valence-corrected chi connectivity index (χ3v) is 4.40. The van der Waals surface area contributed by atoms with Gasteiger partial charge in [0.25, 0.3) is 0 Å². The molecule has 13 heavy (non-hydrogen) atoms. The first kappa shape index (κ1) is 10.9. The first-order valence-electron chi connectivity index (χ1n) is 5.07. The van der Waals surface area contributed by atoms with Gasteiger partial charge < -0.3 is 0 Å². The first-order chi connectivity index (χ1) is 6.20. The molecule has 1 atom stereocenters. The van der Waals surface area contributed by atoms with E-state index in [0.717, 1.165) is 12.8 Å². The molecule has 3 heteroatoms. The molecule has 0 radical (unpaired) electrons. The number of carbonyl (C=O) groups is 1. The lowest BCUT2D eigenvalue weighted by Crippen LogP contribution is -2.21. The third kappa shape index (κ3) is 4.03. The molecule has 2 nitrogen and oxygen atoms in total. The van der Waals surface area contributed by atoms with E-state index in [0.29, 0.717) is 17.4 Å². The average Bonchev–Trinajstić information content (AvgIpc) is 2.15. The number of carbonyl (C=O) groups excluding carboxylic acids is 1. The van der Waals surface area contributed by atoms with Crippen molar-refractivity contribution in [1.82, 2.24) is 0 Å². The van der Waals surface area contributed by atoms with Crippen LogP contribution in [0.1, 0.15) is 45.4 Å². The molecule has 1 fully saturated rings. The molecule has 1 rings (SSSR count). The lowest BCUT2D eigenvalue weighted by Gasteiger charge is -2.20. The smallest absolute Gasteiger partial charge is 0.130 e. The fourth-order valence-corrected chi connectivity index (χ4v) is 3.42. The first-order valence-corrected chi connectivity index (χ1v) is 6.45. The zero-order valence-electron chi connectivity index (χ0n) is 8.25. The predicted octanol–water partition coefficient (Wildman–Crippen LogP) is 2.05.